The van der Waals surface area contributed by atoms with E-state index in [0.717, 1.165) is 29.1 Å². The van der Waals surface area contributed by atoms with Gasteiger partial charge in [-0.25, -0.2) is 0 Å². The first-order valence-corrected chi connectivity index (χ1v) is 7.31. The number of phenols is 1. The first-order valence-electron chi connectivity index (χ1n) is 6.93. The van der Waals surface area contributed by atoms with Gasteiger partial charge in [-0.3, -0.25) is 0 Å². The summed E-state index contributed by atoms with van der Waals surface area (Å²) in [6, 6.07) is 14.4. The molecule has 1 aliphatic carbocycles. The zero-order valence-corrected chi connectivity index (χ0v) is 12.2. The van der Waals surface area contributed by atoms with E-state index in [9.17, 15) is 5.11 Å². The largest absolute Gasteiger partial charge is 0.508 e. The Morgan fingerprint density at radius 1 is 1.10 bits per heavy atom. The summed E-state index contributed by atoms with van der Waals surface area (Å²) in [5, 5.41) is 14.0. The average Bonchev–Trinajstić information content (AvgIpc) is 2.39. The quantitative estimate of drug-likeness (QED) is 0.857. The minimum Gasteiger partial charge on any atom is -0.508 e. The second-order valence-electron chi connectivity index (χ2n) is 5.56. The molecule has 0 amide bonds. The lowest BCUT2D eigenvalue weighted by molar-refractivity contribution is 0.374. The number of anilines is 1. The predicted molar refractivity (Wildman–Crippen MR) is 83.7 cm³/mol. The summed E-state index contributed by atoms with van der Waals surface area (Å²) in [6.45, 7) is 1.90. The van der Waals surface area contributed by atoms with E-state index in [-0.39, 0.29) is 0 Å². The van der Waals surface area contributed by atoms with Crippen LogP contribution in [0.5, 0.6) is 5.75 Å². The molecule has 0 heterocycles. The van der Waals surface area contributed by atoms with E-state index in [1.807, 2.05) is 31.2 Å². The third-order valence-corrected chi connectivity index (χ3v) is 4.31. The highest BCUT2D eigenvalue weighted by atomic mass is 35.5. The van der Waals surface area contributed by atoms with Crippen molar-refractivity contribution in [3.63, 3.8) is 0 Å². The number of aryl methyl sites for hydroxylation is 1. The molecule has 0 atom stereocenters. The van der Waals surface area contributed by atoms with Gasteiger partial charge in [-0.1, -0.05) is 29.8 Å². The van der Waals surface area contributed by atoms with Crippen LogP contribution in [0, 0.1) is 6.92 Å². The van der Waals surface area contributed by atoms with E-state index in [2.05, 4.69) is 17.4 Å². The smallest absolute Gasteiger partial charge is 0.120 e. The van der Waals surface area contributed by atoms with Crippen LogP contribution in [0.1, 0.15) is 29.9 Å². The molecule has 1 fully saturated rings. The lowest BCUT2D eigenvalue weighted by atomic mass is 9.76. The molecule has 0 aromatic heterocycles. The van der Waals surface area contributed by atoms with Crippen molar-refractivity contribution < 1.29 is 5.11 Å². The topological polar surface area (TPSA) is 32.3 Å². The number of nitrogens with one attached hydrogen (secondary N) is 1. The Morgan fingerprint density at radius 2 is 1.80 bits per heavy atom. The molecular weight excluding hydrogens is 270 g/mol. The van der Waals surface area contributed by atoms with Crippen LogP contribution in [0.2, 0.25) is 5.02 Å². The summed E-state index contributed by atoms with van der Waals surface area (Å²) in [7, 11) is 0. The van der Waals surface area contributed by atoms with E-state index < -0.39 is 0 Å². The number of benzene rings is 2. The molecule has 2 aromatic carbocycles. The van der Waals surface area contributed by atoms with Gasteiger partial charge >= 0.3 is 0 Å². The number of halogens is 1. The van der Waals surface area contributed by atoms with Crippen LogP contribution in [-0.2, 0) is 0 Å². The molecule has 104 valence electrons. The SMILES string of the molecule is Cc1ccc(NC2CC(c3ccc(Cl)cc3)C2)cc1O. The normalized spacial score (nSPS) is 21.3. The minimum absolute atomic E-state index is 0.351. The van der Waals surface area contributed by atoms with E-state index in [4.69, 9.17) is 11.6 Å². The van der Waals surface area contributed by atoms with Crippen LogP contribution in [0.25, 0.3) is 0 Å². The second-order valence-corrected chi connectivity index (χ2v) is 6.00. The van der Waals surface area contributed by atoms with Crippen molar-refractivity contribution in [1.29, 1.82) is 0 Å². The predicted octanol–water partition coefficient (Wildman–Crippen LogP) is 4.71. The van der Waals surface area contributed by atoms with Gasteiger partial charge < -0.3 is 10.4 Å². The molecule has 1 saturated carbocycles. The van der Waals surface area contributed by atoms with Crippen LogP contribution in [0.3, 0.4) is 0 Å². The summed E-state index contributed by atoms with van der Waals surface area (Å²) in [6.07, 6.45) is 2.24. The standard InChI is InChI=1S/C17H18ClNO/c1-11-2-7-15(10-17(11)20)19-16-8-13(9-16)12-3-5-14(18)6-4-12/h2-7,10,13,16,19-20H,8-9H2,1H3. The van der Waals surface area contributed by atoms with E-state index in [0.29, 0.717) is 17.7 Å². The molecule has 2 nitrogen and oxygen atoms in total. The van der Waals surface area contributed by atoms with Gasteiger partial charge in [0.2, 0.25) is 0 Å². The first-order chi connectivity index (χ1) is 9.61. The highest BCUT2D eigenvalue weighted by molar-refractivity contribution is 6.30. The molecule has 3 rings (SSSR count). The maximum Gasteiger partial charge on any atom is 0.120 e. The lowest BCUT2D eigenvalue weighted by Crippen LogP contribution is -2.33. The van der Waals surface area contributed by atoms with Crippen molar-refractivity contribution in [3.8, 4) is 5.75 Å². The highest BCUT2D eigenvalue weighted by Gasteiger charge is 2.30. The van der Waals surface area contributed by atoms with Crippen LogP contribution in [0.4, 0.5) is 5.69 Å². The molecule has 0 spiro atoms. The molecule has 0 saturated heterocycles. The van der Waals surface area contributed by atoms with E-state index in [1.54, 1.807) is 6.07 Å². The van der Waals surface area contributed by atoms with Crippen LogP contribution < -0.4 is 5.32 Å². The molecule has 0 aliphatic heterocycles. The molecule has 2 aromatic rings. The van der Waals surface area contributed by atoms with Gasteiger partial charge in [0.25, 0.3) is 0 Å². The molecular formula is C17H18ClNO. The molecule has 0 unspecified atom stereocenters. The number of hydrogen-bond donors (Lipinski definition) is 2. The number of phenolic OH excluding ortho intramolecular Hbond substituents is 1. The van der Waals surface area contributed by atoms with Gasteiger partial charge in [-0.2, -0.15) is 0 Å². The molecule has 0 bridgehead atoms. The van der Waals surface area contributed by atoms with Crippen molar-refractivity contribution in [1.82, 2.24) is 0 Å². The Morgan fingerprint density at radius 3 is 2.45 bits per heavy atom. The van der Waals surface area contributed by atoms with Gasteiger partial charge in [0.15, 0.2) is 0 Å². The molecule has 20 heavy (non-hydrogen) atoms. The zero-order valence-electron chi connectivity index (χ0n) is 11.4. The van der Waals surface area contributed by atoms with Crippen molar-refractivity contribution in [3.05, 3.63) is 58.6 Å². The van der Waals surface area contributed by atoms with Crippen molar-refractivity contribution in [2.24, 2.45) is 0 Å². The summed E-state index contributed by atoms with van der Waals surface area (Å²) in [5.74, 6) is 0.965. The zero-order chi connectivity index (χ0) is 14.1. The fourth-order valence-corrected chi connectivity index (χ4v) is 2.80. The highest BCUT2D eigenvalue weighted by Crippen LogP contribution is 2.39. The van der Waals surface area contributed by atoms with E-state index in [1.165, 1.54) is 5.56 Å². The molecule has 3 heteroatoms. The lowest BCUT2D eigenvalue weighted by Gasteiger charge is -2.37. The summed E-state index contributed by atoms with van der Waals surface area (Å²) < 4.78 is 0. The fourth-order valence-electron chi connectivity index (χ4n) is 2.68. The molecule has 1 aliphatic rings. The number of hydrogen-bond acceptors (Lipinski definition) is 2. The Hall–Kier alpha value is -1.67. The first kappa shape index (κ1) is 13.3. The monoisotopic (exact) mass is 287 g/mol. The summed E-state index contributed by atoms with van der Waals surface area (Å²) in [4.78, 5) is 0. The average molecular weight is 288 g/mol. The maximum absolute atomic E-state index is 9.71. The summed E-state index contributed by atoms with van der Waals surface area (Å²) >= 11 is 5.91. The van der Waals surface area contributed by atoms with Gasteiger partial charge in [-0.15, -0.1) is 0 Å². The van der Waals surface area contributed by atoms with Crippen molar-refractivity contribution in [2.75, 3.05) is 5.32 Å². The van der Waals surface area contributed by atoms with Crippen LogP contribution >= 0.6 is 11.6 Å². The van der Waals surface area contributed by atoms with Crippen molar-refractivity contribution >= 4 is 17.3 Å². The van der Waals surface area contributed by atoms with Gasteiger partial charge in [0.1, 0.15) is 5.75 Å². The third-order valence-electron chi connectivity index (χ3n) is 4.06. The molecule has 0 radical (unpaired) electrons. The van der Waals surface area contributed by atoms with E-state index >= 15 is 0 Å². The Bertz CT molecular complexity index is 603. The van der Waals surface area contributed by atoms with Crippen LogP contribution in [-0.4, -0.2) is 11.1 Å². The maximum atomic E-state index is 9.71. The summed E-state index contributed by atoms with van der Waals surface area (Å²) in [5.41, 5.74) is 3.26. The minimum atomic E-state index is 0.351. The Balaban J connectivity index is 1.58. The second kappa shape index (κ2) is 5.37. The van der Waals surface area contributed by atoms with Crippen LogP contribution in [0.15, 0.2) is 42.5 Å². The van der Waals surface area contributed by atoms with Gasteiger partial charge in [0, 0.05) is 22.8 Å². The van der Waals surface area contributed by atoms with Crippen molar-refractivity contribution in [2.45, 2.75) is 31.7 Å². The Labute approximate surface area is 124 Å². The van der Waals surface area contributed by atoms with Gasteiger partial charge in [-0.05, 0) is 55.0 Å². The fraction of sp³-hybridized carbons (Fsp3) is 0.294. The number of rotatable bonds is 3. The van der Waals surface area contributed by atoms with Gasteiger partial charge in [0.05, 0.1) is 0 Å². The third kappa shape index (κ3) is 2.75. The molecule has 2 N–H and O–H groups in total. The number of aromatic hydroxyl groups is 1. The Kier molecular flexibility index (Phi) is 3.58.